The Morgan fingerprint density at radius 3 is 2.00 bits per heavy atom. The minimum Gasteiger partial charge on any atom is -0.480 e. The molecule has 11 heteroatoms. The summed E-state index contributed by atoms with van der Waals surface area (Å²) in [7, 11) is 0. The van der Waals surface area contributed by atoms with E-state index in [1.54, 1.807) is 0 Å². The molecule has 0 aromatic carbocycles. The highest BCUT2D eigenvalue weighted by molar-refractivity contribution is 7.80. The van der Waals surface area contributed by atoms with E-state index in [2.05, 4.69) is 23.3 Å². The molecule has 0 heterocycles. The fourth-order valence-corrected chi connectivity index (χ4v) is 1.49. The van der Waals surface area contributed by atoms with E-state index in [1.807, 2.05) is 0 Å². The molecule has 3 amide bonds. The highest BCUT2D eigenvalue weighted by atomic mass is 32.1. The summed E-state index contributed by atoms with van der Waals surface area (Å²) in [6.07, 6.45) is -0.431. The van der Waals surface area contributed by atoms with Crippen LogP contribution in [0.2, 0.25) is 0 Å². The zero-order valence-corrected chi connectivity index (χ0v) is 11.9. The van der Waals surface area contributed by atoms with E-state index in [0.717, 1.165) is 0 Å². The number of carbonyl (C=O) groups excluding carboxylic acids is 3. The van der Waals surface area contributed by atoms with Gasteiger partial charge in [-0.15, -0.1) is 0 Å². The number of aliphatic carboxylic acids is 1. The summed E-state index contributed by atoms with van der Waals surface area (Å²) in [6, 6.07) is -3.95. The van der Waals surface area contributed by atoms with Gasteiger partial charge in [-0.05, 0) is 0 Å². The molecule has 0 bridgehead atoms. The Bertz CT molecular complexity index is 418. The van der Waals surface area contributed by atoms with Gasteiger partial charge in [-0.1, -0.05) is 0 Å². The third-order valence-corrected chi connectivity index (χ3v) is 2.74. The summed E-state index contributed by atoms with van der Waals surface area (Å²) in [5, 5.41) is 22.0. The summed E-state index contributed by atoms with van der Waals surface area (Å²) < 4.78 is 0. The molecule has 21 heavy (non-hydrogen) atoms. The van der Waals surface area contributed by atoms with Crippen molar-refractivity contribution in [3.05, 3.63) is 0 Å². The molecule has 0 radical (unpaired) electrons. The Balaban J connectivity index is 4.63. The molecule has 0 fully saturated rings. The van der Waals surface area contributed by atoms with Gasteiger partial charge in [0.2, 0.25) is 17.7 Å². The van der Waals surface area contributed by atoms with Crippen LogP contribution in [0.15, 0.2) is 0 Å². The second-order valence-corrected chi connectivity index (χ2v) is 4.47. The van der Waals surface area contributed by atoms with E-state index in [0.29, 0.717) is 0 Å². The number of nitrogens with two attached hydrogens (primary N) is 2. The summed E-state index contributed by atoms with van der Waals surface area (Å²) in [6.45, 7) is -0.778. The molecule has 8 N–H and O–H groups in total. The Kier molecular flexibility index (Phi) is 8.35. The van der Waals surface area contributed by atoms with Crippen LogP contribution in [0.4, 0.5) is 0 Å². The molecule has 10 nitrogen and oxygen atoms in total. The monoisotopic (exact) mass is 322 g/mol. The predicted octanol–water partition coefficient (Wildman–Crippen LogP) is -3.83. The summed E-state index contributed by atoms with van der Waals surface area (Å²) in [5.74, 6) is -4.08. The van der Waals surface area contributed by atoms with Crippen molar-refractivity contribution < 1.29 is 29.4 Å². The molecule has 0 aliphatic carbocycles. The van der Waals surface area contributed by atoms with Crippen molar-refractivity contribution >= 4 is 36.3 Å². The average Bonchev–Trinajstić information content (AvgIpc) is 2.40. The van der Waals surface area contributed by atoms with Gasteiger partial charge in [0.05, 0.1) is 19.1 Å². The van der Waals surface area contributed by atoms with Gasteiger partial charge in [-0.3, -0.25) is 14.4 Å². The van der Waals surface area contributed by atoms with Gasteiger partial charge in [-0.2, -0.15) is 12.6 Å². The highest BCUT2D eigenvalue weighted by Crippen LogP contribution is 1.94. The van der Waals surface area contributed by atoms with Crippen molar-refractivity contribution in [2.75, 3.05) is 12.4 Å². The topological polar surface area (TPSA) is 185 Å². The van der Waals surface area contributed by atoms with Crippen LogP contribution >= 0.6 is 12.6 Å². The van der Waals surface area contributed by atoms with Gasteiger partial charge in [0.15, 0.2) is 0 Å². The third kappa shape index (κ3) is 6.92. The van der Waals surface area contributed by atoms with E-state index in [9.17, 15) is 19.2 Å². The molecule has 0 aliphatic rings. The first-order valence-electron chi connectivity index (χ1n) is 5.82. The molecular formula is C10H18N4O6S. The zero-order chi connectivity index (χ0) is 16.6. The van der Waals surface area contributed by atoms with Crippen LogP contribution in [-0.2, 0) is 19.2 Å². The molecule has 120 valence electrons. The van der Waals surface area contributed by atoms with Gasteiger partial charge in [0, 0.05) is 5.75 Å². The second-order valence-electron chi connectivity index (χ2n) is 4.10. The third-order valence-electron chi connectivity index (χ3n) is 2.37. The van der Waals surface area contributed by atoms with Gasteiger partial charge in [-0.25, -0.2) is 4.79 Å². The first-order chi connectivity index (χ1) is 9.72. The molecule has 0 saturated carbocycles. The lowest BCUT2D eigenvalue weighted by Gasteiger charge is -2.20. The fraction of sp³-hybridized carbons (Fsp3) is 0.600. The summed E-state index contributed by atoms with van der Waals surface area (Å²) in [5.41, 5.74) is 10.2. The van der Waals surface area contributed by atoms with Gasteiger partial charge in [0.1, 0.15) is 12.1 Å². The number of primary amides is 1. The smallest absolute Gasteiger partial charge is 0.327 e. The number of nitrogens with one attached hydrogen (secondary N) is 2. The molecule has 0 spiro atoms. The molecule has 0 saturated heterocycles. The quantitative estimate of drug-likeness (QED) is 0.212. The Labute approximate surface area is 125 Å². The van der Waals surface area contributed by atoms with Crippen LogP contribution in [-0.4, -0.2) is 64.4 Å². The van der Waals surface area contributed by atoms with Crippen molar-refractivity contribution in [3.8, 4) is 0 Å². The average molecular weight is 322 g/mol. The van der Waals surface area contributed by atoms with Crippen molar-refractivity contribution in [1.29, 1.82) is 0 Å². The summed E-state index contributed by atoms with van der Waals surface area (Å²) in [4.78, 5) is 44.7. The summed E-state index contributed by atoms with van der Waals surface area (Å²) >= 11 is 3.75. The Hall–Kier alpha value is -1.85. The SMILES string of the molecule is NC(=O)C[C@H](N)C(=O)N[C@@H](CO)C(=O)N[C@@H](CS)C(=O)O. The van der Waals surface area contributed by atoms with Crippen LogP contribution in [0.25, 0.3) is 0 Å². The van der Waals surface area contributed by atoms with Crippen molar-refractivity contribution in [2.45, 2.75) is 24.5 Å². The highest BCUT2D eigenvalue weighted by Gasteiger charge is 2.27. The Morgan fingerprint density at radius 1 is 1.10 bits per heavy atom. The number of aliphatic hydroxyl groups is 1. The maximum absolute atomic E-state index is 11.7. The van der Waals surface area contributed by atoms with Crippen LogP contribution in [0.5, 0.6) is 0 Å². The van der Waals surface area contributed by atoms with Gasteiger partial charge >= 0.3 is 5.97 Å². The number of carboxylic acids is 1. The normalized spacial score (nSPS) is 14.6. The first kappa shape index (κ1) is 19.1. The van der Waals surface area contributed by atoms with E-state index >= 15 is 0 Å². The number of carbonyl (C=O) groups is 4. The number of amides is 3. The number of hydrogen-bond donors (Lipinski definition) is 7. The lowest BCUT2D eigenvalue weighted by atomic mass is 10.1. The molecule has 0 aromatic heterocycles. The van der Waals surface area contributed by atoms with Crippen LogP contribution < -0.4 is 22.1 Å². The lowest BCUT2D eigenvalue weighted by molar-refractivity contribution is -0.141. The minimum absolute atomic E-state index is 0.172. The lowest BCUT2D eigenvalue weighted by Crippen LogP contribution is -2.56. The maximum atomic E-state index is 11.7. The van der Waals surface area contributed by atoms with E-state index < -0.39 is 54.8 Å². The second kappa shape index (κ2) is 9.15. The van der Waals surface area contributed by atoms with E-state index in [-0.39, 0.29) is 5.75 Å². The maximum Gasteiger partial charge on any atom is 0.327 e. The first-order valence-corrected chi connectivity index (χ1v) is 6.45. The van der Waals surface area contributed by atoms with Crippen LogP contribution in [0, 0.1) is 0 Å². The van der Waals surface area contributed by atoms with Gasteiger partial charge < -0.3 is 32.3 Å². The molecule has 3 atom stereocenters. The van der Waals surface area contributed by atoms with E-state index in [1.165, 1.54) is 0 Å². The number of carboxylic acid groups (broad SMARTS) is 1. The predicted molar refractivity (Wildman–Crippen MR) is 74.2 cm³/mol. The van der Waals surface area contributed by atoms with Crippen molar-refractivity contribution in [2.24, 2.45) is 11.5 Å². The van der Waals surface area contributed by atoms with Gasteiger partial charge in [0.25, 0.3) is 0 Å². The standard InChI is InChI=1S/C10H18N4O6S/c11-4(1-7(12)16)8(17)13-5(2-15)9(18)14-6(3-21)10(19)20/h4-6,15,21H,1-3,11H2,(H2,12,16)(H,13,17)(H,14,18)(H,19,20)/t4-,5-,6-/m0/s1. The molecular weight excluding hydrogens is 304 g/mol. The number of thiol groups is 1. The zero-order valence-electron chi connectivity index (χ0n) is 11.0. The van der Waals surface area contributed by atoms with Crippen LogP contribution in [0.3, 0.4) is 0 Å². The number of rotatable bonds is 9. The molecule has 0 rings (SSSR count). The fourth-order valence-electron chi connectivity index (χ4n) is 1.24. The molecule has 0 unspecified atom stereocenters. The Morgan fingerprint density at radius 2 is 1.62 bits per heavy atom. The van der Waals surface area contributed by atoms with E-state index in [4.69, 9.17) is 21.7 Å². The van der Waals surface area contributed by atoms with Crippen LogP contribution in [0.1, 0.15) is 6.42 Å². The minimum atomic E-state index is -1.40. The van der Waals surface area contributed by atoms with Crippen molar-refractivity contribution in [1.82, 2.24) is 10.6 Å². The number of hydrogen-bond acceptors (Lipinski definition) is 7. The molecule has 0 aliphatic heterocycles. The van der Waals surface area contributed by atoms with Crippen molar-refractivity contribution in [3.63, 3.8) is 0 Å². The largest absolute Gasteiger partial charge is 0.480 e. The number of aliphatic hydroxyl groups excluding tert-OH is 1. The molecule has 0 aromatic rings.